The summed E-state index contributed by atoms with van der Waals surface area (Å²) in [5.74, 6) is 0. The Hall–Kier alpha value is -1.43. The molecule has 1 aliphatic heterocycles. The maximum Gasteiger partial charge on any atom is 0.180 e. The van der Waals surface area contributed by atoms with Gasteiger partial charge < -0.3 is 11.1 Å². The van der Waals surface area contributed by atoms with E-state index in [1.54, 1.807) is 11.3 Å². The summed E-state index contributed by atoms with van der Waals surface area (Å²) in [6.45, 7) is 6.21. The van der Waals surface area contributed by atoms with E-state index in [1.807, 2.05) is 6.20 Å². The largest absolute Gasteiger partial charge is 0.375 e. The maximum atomic E-state index is 5.74. The van der Waals surface area contributed by atoms with Crippen molar-refractivity contribution in [2.45, 2.75) is 25.9 Å². The van der Waals surface area contributed by atoms with Gasteiger partial charge in [-0.2, -0.15) is 0 Å². The molecule has 2 heterocycles. The average Bonchev–Trinajstić information content (AvgIpc) is 2.93. The zero-order valence-corrected chi connectivity index (χ0v) is 13.2. The third kappa shape index (κ3) is 3.43. The molecule has 1 fully saturated rings. The van der Waals surface area contributed by atoms with Crippen LogP contribution in [0.3, 0.4) is 0 Å². The van der Waals surface area contributed by atoms with Crippen molar-refractivity contribution in [2.75, 3.05) is 25.4 Å². The van der Waals surface area contributed by atoms with Gasteiger partial charge in [0.05, 0.1) is 0 Å². The van der Waals surface area contributed by atoms with Crippen LogP contribution in [-0.2, 0) is 13.0 Å². The Kier molecular flexibility index (Phi) is 4.53. The minimum Gasteiger partial charge on any atom is -0.375 e. The first-order chi connectivity index (χ1) is 10.3. The van der Waals surface area contributed by atoms with Crippen LogP contribution in [0.1, 0.15) is 29.0 Å². The number of nitrogens with zero attached hydrogens (tertiary/aromatic N) is 2. The lowest BCUT2D eigenvalue weighted by Gasteiger charge is -2.36. The fourth-order valence-corrected chi connectivity index (χ4v) is 3.55. The fraction of sp³-hybridized carbons (Fsp3) is 0.438. The van der Waals surface area contributed by atoms with Crippen LogP contribution in [0.2, 0.25) is 0 Å². The first kappa shape index (κ1) is 14.5. The van der Waals surface area contributed by atoms with Crippen molar-refractivity contribution in [1.29, 1.82) is 0 Å². The predicted octanol–water partition coefficient (Wildman–Crippen LogP) is 2.43. The standard InChI is InChI=1S/C16H22N4S/c1-2-12-3-5-13(6-4-12)15-10-18-7-8-20(15)11-14-9-19-16(17)21-14/h3-6,9,15,18H,2,7-8,10-11H2,1H3,(H2,17,19). The quantitative estimate of drug-likeness (QED) is 0.911. The second-order valence-electron chi connectivity index (χ2n) is 5.45. The highest BCUT2D eigenvalue weighted by Gasteiger charge is 2.24. The number of piperazine rings is 1. The molecule has 1 atom stereocenters. The summed E-state index contributed by atoms with van der Waals surface area (Å²) in [5, 5.41) is 4.16. The van der Waals surface area contributed by atoms with Gasteiger partial charge in [-0.25, -0.2) is 4.98 Å². The van der Waals surface area contributed by atoms with Crippen molar-refractivity contribution < 1.29 is 0 Å². The molecule has 1 aromatic heterocycles. The third-order valence-corrected chi connectivity index (χ3v) is 4.87. The summed E-state index contributed by atoms with van der Waals surface area (Å²) in [7, 11) is 0. The molecule has 0 radical (unpaired) electrons. The lowest BCUT2D eigenvalue weighted by atomic mass is 10.0. The molecular weight excluding hydrogens is 280 g/mol. The number of hydrogen-bond acceptors (Lipinski definition) is 5. The summed E-state index contributed by atoms with van der Waals surface area (Å²) >= 11 is 1.59. The average molecular weight is 302 g/mol. The van der Waals surface area contributed by atoms with E-state index < -0.39 is 0 Å². The van der Waals surface area contributed by atoms with Gasteiger partial charge in [0.25, 0.3) is 0 Å². The first-order valence-corrected chi connectivity index (χ1v) is 8.31. The van der Waals surface area contributed by atoms with Gasteiger partial charge in [0.2, 0.25) is 0 Å². The Balaban J connectivity index is 1.76. The maximum absolute atomic E-state index is 5.74. The molecule has 0 bridgehead atoms. The summed E-state index contributed by atoms with van der Waals surface area (Å²) < 4.78 is 0. The van der Waals surface area contributed by atoms with Crippen LogP contribution in [0.25, 0.3) is 0 Å². The van der Waals surface area contributed by atoms with Gasteiger partial charge in [-0.1, -0.05) is 31.2 Å². The van der Waals surface area contributed by atoms with Gasteiger partial charge in [-0.3, -0.25) is 4.90 Å². The molecule has 5 heteroatoms. The van der Waals surface area contributed by atoms with E-state index in [0.29, 0.717) is 11.2 Å². The van der Waals surface area contributed by atoms with Crippen LogP contribution >= 0.6 is 11.3 Å². The zero-order valence-electron chi connectivity index (χ0n) is 12.4. The third-order valence-electron chi connectivity index (χ3n) is 4.06. The smallest absolute Gasteiger partial charge is 0.180 e. The zero-order chi connectivity index (χ0) is 14.7. The van der Waals surface area contributed by atoms with Gasteiger partial charge in [-0.15, -0.1) is 11.3 Å². The SMILES string of the molecule is CCc1ccc(C2CNCCN2Cc2cnc(N)s2)cc1. The van der Waals surface area contributed by atoms with Gasteiger partial charge in [0.1, 0.15) is 0 Å². The van der Waals surface area contributed by atoms with E-state index in [9.17, 15) is 0 Å². The Morgan fingerprint density at radius 3 is 2.86 bits per heavy atom. The van der Waals surface area contributed by atoms with E-state index in [2.05, 4.69) is 46.4 Å². The highest BCUT2D eigenvalue weighted by atomic mass is 32.1. The van der Waals surface area contributed by atoms with Gasteiger partial charge in [0.15, 0.2) is 5.13 Å². The Labute approximate surface area is 130 Å². The lowest BCUT2D eigenvalue weighted by molar-refractivity contribution is 0.155. The van der Waals surface area contributed by atoms with Crippen LogP contribution < -0.4 is 11.1 Å². The molecule has 3 rings (SSSR count). The van der Waals surface area contributed by atoms with Crippen molar-refractivity contribution in [2.24, 2.45) is 0 Å². The van der Waals surface area contributed by atoms with E-state index in [1.165, 1.54) is 16.0 Å². The van der Waals surface area contributed by atoms with Crippen LogP contribution in [0.15, 0.2) is 30.5 Å². The first-order valence-electron chi connectivity index (χ1n) is 7.50. The number of nitrogens with two attached hydrogens (primary N) is 1. The molecule has 0 amide bonds. The lowest BCUT2D eigenvalue weighted by Crippen LogP contribution is -2.45. The minimum atomic E-state index is 0.424. The van der Waals surface area contributed by atoms with Crippen molar-refractivity contribution in [1.82, 2.24) is 15.2 Å². The molecule has 1 aliphatic rings. The summed E-state index contributed by atoms with van der Waals surface area (Å²) in [6.07, 6.45) is 2.99. The molecule has 2 aromatic rings. The van der Waals surface area contributed by atoms with Gasteiger partial charge >= 0.3 is 0 Å². The summed E-state index contributed by atoms with van der Waals surface area (Å²) in [5.41, 5.74) is 8.52. The minimum absolute atomic E-state index is 0.424. The molecule has 0 aliphatic carbocycles. The van der Waals surface area contributed by atoms with Crippen LogP contribution in [0, 0.1) is 0 Å². The van der Waals surface area contributed by atoms with Crippen LogP contribution in [0.5, 0.6) is 0 Å². The normalized spacial score (nSPS) is 19.8. The Morgan fingerprint density at radius 2 is 2.19 bits per heavy atom. The van der Waals surface area contributed by atoms with E-state index in [4.69, 9.17) is 5.73 Å². The van der Waals surface area contributed by atoms with E-state index in [0.717, 1.165) is 32.6 Å². The van der Waals surface area contributed by atoms with Gasteiger partial charge in [0, 0.05) is 43.3 Å². The second kappa shape index (κ2) is 6.56. The number of rotatable bonds is 4. The number of thiazole rings is 1. The second-order valence-corrected chi connectivity index (χ2v) is 6.60. The van der Waals surface area contributed by atoms with Crippen LogP contribution in [-0.4, -0.2) is 29.5 Å². The summed E-state index contributed by atoms with van der Waals surface area (Å²) in [4.78, 5) is 7.92. The van der Waals surface area contributed by atoms with E-state index in [-0.39, 0.29) is 0 Å². The number of nitrogens with one attached hydrogen (secondary N) is 1. The number of nitrogen functional groups attached to an aromatic ring is 1. The van der Waals surface area contributed by atoms with Crippen molar-refractivity contribution >= 4 is 16.5 Å². The fourth-order valence-electron chi connectivity index (χ4n) is 2.84. The Bertz CT molecular complexity index is 578. The van der Waals surface area contributed by atoms with Crippen LogP contribution in [0.4, 0.5) is 5.13 Å². The van der Waals surface area contributed by atoms with Gasteiger partial charge in [-0.05, 0) is 17.5 Å². The molecule has 1 saturated heterocycles. The molecule has 0 saturated carbocycles. The highest BCUT2D eigenvalue weighted by molar-refractivity contribution is 7.15. The molecular formula is C16H22N4S. The monoisotopic (exact) mass is 302 g/mol. The Morgan fingerprint density at radius 1 is 1.38 bits per heavy atom. The number of hydrogen-bond donors (Lipinski definition) is 2. The van der Waals surface area contributed by atoms with E-state index >= 15 is 0 Å². The van der Waals surface area contributed by atoms with Crippen molar-refractivity contribution in [3.05, 3.63) is 46.5 Å². The number of aryl methyl sites for hydroxylation is 1. The molecule has 0 spiro atoms. The molecule has 112 valence electrons. The summed E-state index contributed by atoms with van der Waals surface area (Å²) in [6, 6.07) is 9.45. The number of benzene rings is 1. The number of aromatic nitrogens is 1. The van der Waals surface area contributed by atoms with Crippen molar-refractivity contribution in [3.8, 4) is 0 Å². The molecule has 1 aromatic carbocycles. The molecule has 1 unspecified atom stereocenters. The topological polar surface area (TPSA) is 54.2 Å². The number of anilines is 1. The predicted molar refractivity (Wildman–Crippen MR) is 88.4 cm³/mol. The molecule has 21 heavy (non-hydrogen) atoms. The molecule has 4 nitrogen and oxygen atoms in total. The highest BCUT2D eigenvalue weighted by Crippen LogP contribution is 2.26. The molecule has 3 N–H and O–H groups in total. The van der Waals surface area contributed by atoms with Crippen molar-refractivity contribution in [3.63, 3.8) is 0 Å².